The van der Waals surface area contributed by atoms with Gasteiger partial charge in [0.25, 0.3) is 0 Å². The van der Waals surface area contributed by atoms with E-state index in [0.717, 1.165) is 5.56 Å². The summed E-state index contributed by atoms with van der Waals surface area (Å²) in [5.41, 5.74) is 0.785. The second-order valence-electron chi connectivity index (χ2n) is 3.87. The summed E-state index contributed by atoms with van der Waals surface area (Å²) >= 11 is 0. The number of ether oxygens (including phenoxy) is 1. The summed E-state index contributed by atoms with van der Waals surface area (Å²) in [4.78, 5) is 0. The molecule has 16 heavy (non-hydrogen) atoms. The van der Waals surface area contributed by atoms with Gasteiger partial charge in [0.15, 0.2) is 0 Å². The average Bonchev–Trinajstić information content (AvgIpc) is 2.29. The molecule has 3 nitrogen and oxygen atoms in total. The number of hydrogen-bond donors (Lipinski definition) is 2. The van der Waals surface area contributed by atoms with Gasteiger partial charge in [0.1, 0.15) is 11.6 Å². The molecule has 0 saturated heterocycles. The van der Waals surface area contributed by atoms with Gasteiger partial charge in [0.2, 0.25) is 0 Å². The summed E-state index contributed by atoms with van der Waals surface area (Å²) in [5.74, 6) is 0.595. The van der Waals surface area contributed by atoms with Gasteiger partial charge in [-0.1, -0.05) is 6.92 Å². The molecule has 0 heterocycles. The molecule has 4 heteroatoms. The number of halogens is 1. The van der Waals surface area contributed by atoms with Crippen LogP contribution in [0.5, 0.6) is 5.75 Å². The Morgan fingerprint density at radius 3 is 2.88 bits per heavy atom. The van der Waals surface area contributed by atoms with Crippen molar-refractivity contribution in [1.82, 2.24) is 5.32 Å². The predicted octanol–water partition coefficient (Wildman–Crippen LogP) is 1.55. The van der Waals surface area contributed by atoms with E-state index in [2.05, 4.69) is 5.32 Å². The first kappa shape index (κ1) is 12.9. The van der Waals surface area contributed by atoms with Gasteiger partial charge in [0, 0.05) is 25.3 Å². The Labute approximate surface area is 95.2 Å². The quantitative estimate of drug-likeness (QED) is 0.774. The van der Waals surface area contributed by atoms with E-state index in [1.807, 2.05) is 6.92 Å². The van der Waals surface area contributed by atoms with Crippen molar-refractivity contribution in [3.8, 4) is 5.75 Å². The van der Waals surface area contributed by atoms with Crippen molar-refractivity contribution < 1.29 is 14.2 Å². The molecule has 0 amide bonds. The SMILES string of the molecule is COc1ccc(F)cc1CNCC(C)CO. The van der Waals surface area contributed by atoms with Crippen LogP contribution in [-0.2, 0) is 6.54 Å². The summed E-state index contributed by atoms with van der Waals surface area (Å²) in [6.45, 7) is 3.31. The van der Waals surface area contributed by atoms with Crippen LogP contribution in [0.4, 0.5) is 4.39 Å². The highest BCUT2D eigenvalue weighted by Crippen LogP contribution is 2.18. The predicted molar refractivity (Wildman–Crippen MR) is 60.9 cm³/mol. The highest BCUT2D eigenvalue weighted by atomic mass is 19.1. The zero-order valence-electron chi connectivity index (χ0n) is 9.66. The molecular weight excluding hydrogens is 209 g/mol. The van der Waals surface area contributed by atoms with Gasteiger partial charge in [-0.25, -0.2) is 4.39 Å². The van der Waals surface area contributed by atoms with Crippen LogP contribution in [0, 0.1) is 11.7 Å². The Morgan fingerprint density at radius 1 is 1.50 bits per heavy atom. The second-order valence-corrected chi connectivity index (χ2v) is 3.87. The van der Waals surface area contributed by atoms with Crippen LogP contribution in [0.1, 0.15) is 12.5 Å². The van der Waals surface area contributed by atoms with Gasteiger partial charge in [-0.3, -0.25) is 0 Å². The number of aliphatic hydroxyl groups is 1. The van der Waals surface area contributed by atoms with Gasteiger partial charge in [0.05, 0.1) is 7.11 Å². The Balaban J connectivity index is 2.55. The highest BCUT2D eigenvalue weighted by molar-refractivity contribution is 5.33. The molecule has 2 N–H and O–H groups in total. The maximum absolute atomic E-state index is 13.0. The number of nitrogens with one attached hydrogen (secondary N) is 1. The third kappa shape index (κ3) is 3.79. The van der Waals surface area contributed by atoms with Crippen LogP contribution in [0.3, 0.4) is 0 Å². The highest BCUT2D eigenvalue weighted by Gasteiger charge is 2.05. The number of hydrogen-bond acceptors (Lipinski definition) is 3. The lowest BCUT2D eigenvalue weighted by atomic mass is 10.1. The van der Waals surface area contributed by atoms with Crippen molar-refractivity contribution in [1.29, 1.82) is 0 Å². The number of aliphatic hydroxyl groups excluding tert-OH is 1. The summed E-state index contributed by atoms with van der Waals surface area (Å²) in [5, 5.41) is 12.0. The second kappa shape index (κ2) is 6.45. The van der Waals surface area contributed by atoms with E-state index in [0.29, 0.717) is 18.8 Å². The fourth-order valence-electron chi connectivity index (χ4n) is 1.40. The molecule has 0 aromatic heterocycles. The number of methoxy groups -OCH3 is 1. The van der Waals surface area contributed by atoms with E-state index in [-0.39, 0.29) is 18.3 Å². The summed E-state index contributed by atoms with van der Waals surface area (Å²) < 4.78 is 18.1. The molecule has 0 aliphatic heterocycles. The molecule has 1 atom stereocenters. The van der Waals surface area contributed by atoms with Crippen LogP contribution in [-0.4, -0.2) is 25.4 Å². The molecule has 1 unspecified atom stereocenters. The lowest BCUT2D eigenvalue weighted by Gasteiger charge is -2.12. The van der Waals surface area contributed by atoms with Gasteiger partial charge >= 0.3 is 0 Å². The van der Waals surface area contributed by atoms with Crippen molar-refractivity contribution in [2.45, 2.75) is 13.5 Å². The molecule has 90 valence electrons. The largest absolute Gasteiger partial charge is 0.496 e. The van der Waals surface area contributed by atoms with E-state index in [1.54, 1.807) is 13.2 Å². The molecule has 1 aromatic rings. The first-order valence-electron chi connectivity index (χ1n) is 5.31. The summed E-state index contributed by atoms with van der Waals surface area (Å²) in [6.07, 6.45) is 0. The topological polar surface area (TPSA) is 41.5 Å². The standard InChI is InChI=1S/C12H18FNO2/c1-9(8-15)6-14-7-10-5-11(13)3-4-12(10)16-2/h3-5,9,14-15H,6-8H2,1-2H3. The minimum Gasteiger partial charge on any atom is -0.496 e. The third-order valence-corrected chi connectivity index (χ3v) is 2.36. The molecular formula is C12H18FNO2. The smallest absolute Gasteiger partial charge is 0.123 e. The first-order chi connectivity index (χ1) is 7.67. The molecule has 0 aliphatic carbocycles. The average molecular weight is 227 g/mol. The lowest BCUT2D eigenvalue weighted by Crippen LogP contribution is -2.23. The minimum absolute atomic E-state index is 0.146. The molecule has 1 rings (SSSR count). The molecule has 1 aromatic carbocycles. The molecule has 0 aliphatic rings. The zero-order chi connectivity index (χ0) is 12.0. The Bertz CT molecular complexity index is 331. The number of benzene rings is 1. The van der Waals surface area contributed by atoms with E-state index in [4.69, 9.17) is 9.84 Å². The van der Waals surface area contributed by atoms with Gasteiger partial charge in [-0.2, -0.15) is 0 Å². The van der Waals surface area contributed by atoms with Crippen LogP contribution in [0.2, 0.25) is 0 Å². The Hall–Kier alpha value is -1.13. The molecule has 0 saturated carbocycles. The van der Waals surface area contributed by atoms with E-state index < -0.39 is 0 Å². The van der Waals surface area contributed by atoms with Crippen LogP contribution in [0.25, 0.3) is 0 Å². The van der Waals surface area contributed by atoms with Gasteiger partial charge < -0.3 is 15.2 Å². The molecule has 0 bridgehead atoms. The lowest BCUT2D eigenvalue weighted by molar-refractivity contribution is 0.233. The van der Waals surface area contributed by atoms with Crippen molar-refractivity contribution >= 4 is 0 Å². The Kier molecular flexibility index (Phi) is 5.22. The van der Waals surface area contributed by atoms with E-state index in [1.165, 1.54) is 12.1 Å². The molecule has 0 spiro atoms. The van der Waals surface area contributed by atoms with Crippen molar-refractivity contribution in [2.24, 2.45) is 5.92 Å². The molecule has 0 fully saturated rings. The van der Waals surface area contributed by atoms with E-state index >= 15 is 0 Å². The van der Waals surface area contributed by atoms with Crippen molar-refractivity contribution in [2.75, 3.05) is 20.3 Å². The maximum Gasteiger partial charge on any atom is 0.123 e. The summed E-state index contributed by atoms with van der Waals surface area (Å²) in [6, 6.07) is 4.44. The normalized spacial score (nSPS) is 12.5. The van der Waals surface area contributed by atoms with Crippen LogP contribution >= 0.6 is 0 Å². The van der Waals surface area contributed by atoms with Crippen molar-refractivity contribution in [3.63, 3.8) is 0 Å². The molecule has 0 radical (unpaired) electrons. The van der Waals surface area contributed by atoms with E-state index in [9.17, 15) is 4.39 Å². The maximum atomic E-state index is 13.0. The summed E-state index contributed by atoms with van der Waals surface area (Å²) in [7, 11) is 1.56. The Morgan fingerprint density at radius 2 is 2.25 bits per heavy atom. The fraction of sp³-hybridized carbons (Fsp3) is 0.500. The zero-order valence-corrected chi connectivity index (χ0v) is 9.66. The van der Waals surface area contributed by atoms with Crippen LogP contribution in [0.15, 0.2) is 18.2 Å². The first-order valence-corrected chi connectivity index (χ1v) is 5.31. The fourth-order valence-corrected chi connectivity index (χ4v) is 1.40. The third-order valence-electron chi connectivity index (χ3n) is 2.36. The number of rotatable bonds is 6. The van der Waals surface area contributed by atoms with Gasteiger partial charge in [-0.15, -0.1) is 0 Å². The monoisotopic (exact) mass is 227 g/mol. The van der Waals surface area contributed by atoms with Crippen molar-refractivity contribution in [3.05, 3.63) is 29.6 Å². The van der Waals surface area contributed by atoms with Gasteiger partial charge in [-0.05, 0) is 24.1 Å². The van der Waals surface area contributed by atoms with Crippen LogP contribution < -0.4 is 10.1 Å². The minimum atomic E-state index is -0.271.